The van der Waals surface area contributed by atoms with E-state index in [1.165, 1.54) is 16.0 Å². The molecule has 2 rings (SSSR count). The Kier molecular flexibility index (Phi) is 4.23. The first kappa shape index (κ1) is 15.1. The molecule has 4 heteroatoms. The van der Waals surface area contributed by atoms with Gasteiger partial charge in [0.15, 0.2) is 5.82 Å². The van der Waals surface area contributed by atoms with Crippen LogP contribution in [0.15, 0.2) is 27.6 Å². The number of aromatic nitrogens is 2. The predicted octanol–water partition coefficient (Wildman–Crippen LogP) is 4.84. The fourth-order valence-corrected chi connectivity index (χ4v) is 2.74. The molecule has 1 atom stereocenters. The molecule has 108 valence electrons. The molecule has 0 aliphatic carbocycles. The normalized spacial score (nSPS) is 13.5. The number of hydrogen-bond donors (Lipinski definition) is 0. The molecule has 2 aromatic rings. The molecular weight excluding hydrogens is 268 g/mol. The average molecular weight is 290 g/mol. The van der Waals surface area contributed by atoms with Gasteiger partial charge < -0.3 is 4.52 Å². The summed E-state index contributed by atoms with van der Waals surface area (Å²) in [6.45, 7) is 12.6. The number of thioether (sulfide) groups is 1. The highest BCUT2D eigenvalue weighted by Crippen LogP contribution is 2.35. The maximum absolute atomic E-state index is 5.40. The quantitative estimate of drug-likeness (QED) is 0.758. The molecule has 0 amide bonds. The molecule has 1 aromatic carbocycles. The van der Waals surface area contributed by atoms with Gasteiger partial charge in [-0.05, 0) is 44.0 Å². The summed E-state index contributed by atoms with van der Waals surface area (Å²) in [7, 11) is 0. The van der Waals surface area contributed by atoms with Crippen molar-refractivity contribution in [2.45, 2.75) is 57.1 Å². The van der Waals surface area contributed by atoms with Crippen LogP contribution in [-0.2, 0) is 5.41 Å². The Balaban J connectivity index is 2.13. The van der Waals surface area contributed by atoms with E-state index < -0.39 is 0 Å². The van der Waals surface area contributed by atoms with E-state index in [1.807, 2.05) is 0 Å². The number of nitrogens with zero attached hydrogens (tertiary/aromatic N) is 2. The van der Waals surface area contributed by atoms with Crippen LogP contribution in [0.1, 0.15) is 55.8 Å². The first-order chi connectivity index (χ1) is 9.27. The molecular formula is C16H22N2OS. The molecule has 0 saturated heterocycles. The molecule has 0 spiro atoms. The molecule has 1 unspecified atom stereocenters. The highest BCUT2D eigenvalue weighted by Gasteiger charge is 2.23. The zero-order valence-corrected chi connectivity index (χ0v) is 13.8. The second-order valence-corrected chi connectivity index (χ2v) is 7.63. The minimum Gasteiger partial charge on any atom is -0.338 e. The summed E-state index contributed by atoms with van der Waals surface area (Å²) in [4.78, 5) is 5.75. The van der Waals surface area contributed by atoms with Crippen molar-refractivity contribution in [2.24, 2.45) is 0 Å². The lowest BCUT2D eigenvalue weighted by molar-refractivity contribution is 0.364. The number of aryl methyl sites for hydroxylation is 2. The lowest BCUT2D eigenvalue weighted by atomic mass is 9.96. The molecule has 3 nitrogen and oxygen atoms in total. The number of rotatable bonds is 3. The van der Waals surface area contributed by atoms with E-state index in [0.717, 1.165) is 5.82 Å². The molecule has 0 radical (unpaired) electrons. The minimum absolute atomic E-state index is 0.0768. The summed E-state index contributed by atoms with van der Waals surface area (Å²) in [5.41, 5.74) is 2.55. The standard InChI is InChI=1S/C16H22N2OS/c1-10-7-8-13(9-11(10)2)20-12(3)14-17-15(18-19-14)16(4,5)6/h7-9,12H,1-6H3. The van der Waals surface area contributed by atoms with Crippen LogP contribution < -0.4 is 0 Å². The van der Waals surface area contributed by atoms with Gasteiger partial charge in [-0.2, -0.15) is 4.98 Å². The van der Waals surface area contributed by atoms with Gasteiger partial charge in [0.25, 0.3) is 0 Å². The second-order valence-electron chi connectivity index (χ2n) is 6.21. The van der Waals surface area contributed by atoms with E-state index in [1.54, 1.807) is 11.8 Å². The van der Waals surface area contributed by atoms with Gasteiger partial charge in [0.1, 0.15) is 0 Å². The molecule has 0 fully saturated rings. The molecule has 0 aliphatic heterocycles. The Morgan fingerprint density at radius 1 is 1.15 bits per heavy atom. The number of benzene rings is 1. The Morgan fingerprint density at radius 2 is 1.85 bits per heavy atom. The van der Waals surface area contributed by atoms with Crippen LogP contribution in [0.4, 0.5) is 0 Å². The molecule has 0 aliphatic rings. The summed E-state index contributed by atoms with van der Waals surface area (Å²) < 4.78 is 5.40. The van der Waals surface area contributed by atoms with Crippen molar-refractivity contribution in [3.8, 4) is 0 Å². The van der Waals surface area contributed by atoms with Crippen molar-refractivity contribution in [3.05, 3.63) is 41.0 Å². The Hall–Kier alpha value is -1.29. The fraction of sp³-hybridized carbons (Fsp3) is 0.500. The molecule has 1 aromatic heterocycles. The highest BCUT2D eigenvalue weighted by molar-refractivity contribution is 7.99. The first-order valence-electron chi connectivity index (χ1n) is 6.85. The van der Waals surface area contributed by atoms with E-state index in [-0.39, 0.29) is 10.7 Å². The lowest BCUT2D eigenvalue weighted by Gasteiger charge is -2.11. The van der Waals surface area contributed by atoms with Gasteiger partial charge >= 0.3 is 0 Å². The third-order valence-corrected chi connectivity index (χ3v) is 4.33. The van der Waals surface area contributed by atoms with Gasteiger partial charge in [-0.1, -0.05) is 32.0 Å². The van der Waals surface area contributed by atoms with Crippen LogP contribution in [-0.4, -0.2) is 10.1 Å². The Bertz CT molecular complexity index is 599. The van der Waals surface area contributed by atoms with Crippen LogP contribution in [0.3, 0.4) is 0 Å². The summed E-state index contributed by atoms with van der Waals surface area (Å²) >= 11 is 1.75. The largest absolute Gasteiger partial charge is 0.338 e. The van der Waals surface area contributed by atoms with Crippen molar-refractivity contribution >= 4 is 11.8 Å². The predicted molar refractivity (Wildman–Crippen MR) is 83.2 cm³/mol. The van der Waals surface area contributed by atoms with E-state index in [0.29, 0.717) is 5.89 Å². The third kappa shape index (κ3) is 3.42. The van der Waals surface area contributed by atoms with E-state index in [4.69, 9.17) is 4.52 Å². The Morgan fingerprint density at radius 3 is 2.40 bits per heavy atom. The smallest absolute Gasteiger partial charge is 0.239 e. The zero-order valence-electron chi connectivity index (χ0n) is 13.0. The molecule has 0 saturated carbocycles. The van der Waals surface area contributed by atoms with Crippen LogP contribution in [0.25, 0.3) is 0 Å². The molecule has 0 N–H and O–H groups in total. The molecule has 0 bridgehead atoms. The van der Waals surface area contributed by atoms with Gasteiger partial charge in [-0.25, -0.2) is 0 Å². The summed E-state index contributed by atoms with van der Waals surface area (Å²) in [5.74, 6) is 1.46. The monoisotopic (exact) mass is 290 g/mol. The summed E-state index contributed by atoms with van der Waals surface area (Å²) in [5, 5.41) is 4.24. The van der Waals surface area contributed by atoms with Gasteiger partial charge in [0, 0.05) is 10.3 Å². The van der Waals surface area contributed by atoms with Crippen molar-refractivity contribution in [2.75, 3.05) is 0 Å². The maximum Gasteiger partial charge on any atom is 0.239 e. The Labute approximate surface area is 125 Å². The third-order valence-electron chi connectivity index (χ3n) is 3.25. The number of hydrogen-bond acceptors (Lipinski definition) is 4. The van der Waals surface area contributed by atoms with Crippen LogP contribution in [0.2, 0.25) is 0 Å². The molecule has 1 heterocycles. The van der Waals surface area contributed by atoms with Crippen molar-refractivity contribution in [1.82, 2.24) is 10.1 Å². The minimum atomic E-state index is -0.0768. The van der Waals surface area contributed by atoms with Crippen molar-refractivity contribution < 1.29 is 4.52 Å². The van der Waals surface area contributed by atoms with Crippen molar-refractivity contribution in [3.63, 3.8) is 0 Å². The van der Waals surface area contributed by atoms with E-state index in [2.05, 4.69) is 69.9 Å². The topological polar surface area (TPSA) is 38.9 Å². The summed E-state index contributed by atoms with van der Waals surface area (Å²) in [6, 6.07) is 6.50. The first-order valence-corrected chi connectivity index (χ1v) is 7.73. The SMILES string of the molecule is Cc1ccc(SC(C)c2nc(C(C)(C)C)no2)cc1C. The van der Waals surface area contributed by atoms with Crippen LogP contribution in [0.5, 0.6) is 0 Å². The van der Waals surface area contributed by atoms with E-state index in [9.17, 15) is 0 Å². The van der Waals surface area contributed by atoms with Crippen molar-refractivity contribution in [1.29, 1.82) is 0 Å². The van der Waals surface area contributed by atoms with Crippen LogP contribution in [0, 0.1) is 13.8 Å². The van der Waals surface area contributed by atoms with Crippen LogP contribution >= 0.6 is 11.8 Å². The van der Waals surface area contributed by atoms with E-state index >= 15 is 0 Å². The lowest BCUT2D eigenvalue weighted by Crippen LogP contribution is -2.13. The highest BCUT2D eigenvalue weighted by atomic mass is 32.2. The second kappa shape index (κ2) is 5.60. The van der Waals surface area contributed by atoms with Gasteiger partial charge in [-0.15, -0.1) is 11.8 Å². The zero-order chi connectivity index (χ0) is 14.9. The maximum atomic E-state index is 5.40. The summed E-state index contributed by atoms with van der Waals surface area (Å²) in [6.07, 6.45) is 0. The fourth-order valence-electron chi connectivity index (χ4n) is 1.75. The van der Waals surface area contributed by atoms with Gasteiger partial charge in [-0.3, -0.25) is 0 Å². The molecule has 20 heavy (non-hydrogen) atoms. The average Bonchev–Trinajstić information content (AvgIpc) is 2.83. The van der Waals surface area contributed by atoms with Gasteiger partial charge in [0.2, 0.25) is 5.89 Å². The van der Waals surface area contributed by atoms with Gasteiger partial charge in [0.05, 0.1) is 5.25 Å².